The standard InChI is InChI=1S/C10H20/c1-3-5-7-9-10-8-6-4-2/h9-10H,3-8H2,1-2H3/b10-9-. The maximum atomic E-state index is 2.32. The first-order valence-electron chi connectivity index (χ1n) is 4.56. The molecule has 0 atom stereocenters. The van der Waals surface area contributed by atoms with E-state index in [1.54, 1.807) is 0 Å². The molecular weight excluding hydrogens is 120 g/mol. The van der Waals surface area contributed by atoms with Crippen LogP contribution in [0.3, 0.4) is 0 Å². The van der Waals surface area contributed by atoms with Gasteiger partial charge in [-0.3, -0.25) is 0 Å². The van der Waals surface area contributed by atoms with Gasteiger partial charge in [-0.05, 0) is 12.8 Å². The normalized spacial score (nSPS) is 11.0. The van der Waals surface area contributed by atoms with Crippen molar-refractivity contribution in [3.63, 3.8) is 0 Å². The number of unbranched alkanes of at least 4 members (excludes halogenated alkanes) is 4. The summed E-state index contributed by atoms with van der Waals surface area (Å²) in [5, 5.41) is 0. The van der Waals surface area contributed by atoms with Crippen molar-refractivity contribution in [3.05, 3.63) is 12.2 Å². The summed E-state index contributed by atoms with van der Waals surface area (Å²) in [7, 11) is 0. The molecule has 0 nitrogen and oxygen atoms in total. The zero-order valence-corrected chi connectivity index (χ0v) is 7.40. The van der Waals surface area contributed by atoms with E-state index >= 15 is 0 Å². The summed E-state index contributed by atoms with van der Waals surface area (Å²) in [6, 6.07) is 0. The lowest BCUT2D eigenvalue weighted by molar-refractivity contribution is 0.793. The molecule has 0 saturated carbocycles. The first-order chi connectivity index (χ1) is 4.91. The van der Waals surface area contributed by atoms with Crippen molar-refractivity contribution in [1.29, 1.82) is 0 Å². The maximum Gasteiger partial charge on any atom is -0.0351 e. The Labute approximate surface area is 65.3 Å². The number of hydrogen-bond donors (Lipinski definition) is 0. The number of rotatable bonds is 6. The summed E-state index contributed by atoms with van der Waals surface area (Å²) < 4.78 is 0. The minimum atomic E-state index is 1.28. The smallest absolute Gasteiger partial charge is 0.0351 e. The largest absolute Gasteiger partial charge is 0.0885 e. The molecule has 0 aliphatic heterocycles. The Kier molecular flexibility index (Phi) is 8.51. The highest BCUT2D eigenvalue weighted by Crippen LogP contribution is 1.99. The van der Waals surface area contributed by atoms with Crippen LogP contribution >= 0.6 is 0 Å². The third kappa shape index (κ3) is 7.74. The van der Waals surface area contributed by atoms with Crippen LogP contribution in [0.4, 0.5) is 0 Å². The molecule has 0 amide bonds. The lowest BCUT2D eigenvalue weighted by Crippen LogP contribution is -1.69. The highest BCUT2D eigenvalue weighted by molar-refractivity contribution is 4.80. The van der Waals surface area contributed by atoms with Crippen LogP contribution in [-0.4, -0.2) is 0 Å². The molecule has 0 saturated heterocycles. The van der Waals surface area contributed by atoms with Gasteiger partial charge >= 0.3 is 0 Å². The topological polar surface area (TPSA) is 0 Å². The summed E-state index contributed by atoms with van der Waals surface area (Å²) in [4.78, 5) is 0. The fourth-order valence-electron chi connectivity index (χ4n) is 0.880. The molecule has 60 valence electrons. The second kappa shape index (κ2) is 8.74. The van der Waals surface area contributed by atoms with E-state index in [9.17, 15) is 0 Å². The monoisotopic (exact) mass is 140 g/mol. The first kappa shape index (κ1) is 9.74. The van der Waals surface area contributed by atoms with E-state index in [0.29, 0.717) is 0 Å². The van der Waals surface area contributed by atoms with Crippen LogP contribution in [-0.2, 0) is 0 Å². The molecule has 10 heavy (non-hydrogen) atoms. The lowest BCUT2D eigenvalue weighted by atomic mass is 10.2. The van der Waals surface area contributed by atoms with E-state index in [1.807, 2.05) is 0 Å². The Hall–Kier alpha value is -0.260. The van der Waals surface area contributed by atoms with E-state index in [1.165, 1.54) is 38.5 Å². The lowest BCUT2D eigenvalue weighted by Gasteiger charge is -1.89. The maximum absolute atomic E-state index is 2.32. The molecule has 0 fully saturated rings. The molecular formula is C10H20. The number of hydrogen-bond acceptors (Lipinski definition) is 0. The molecule has 0 rings (SSSR count). The molecule has 0 bridgehead atoms. The highest BCUT2D eigenvalue weighted by atomic mass is 13.9. The molecule has 0 aromatic heterocycles. The Morgan fingerprint density at radius 2 is 1.20 bits per heavy atom. The van der Waals surface area contributed by atoms with E-state index in [-0.39, 0.29) is 0 Å². The van der Waals surface area contributed by atoms with Crippen LogP contribution in [0.2, 0.25) is 0 Å². The van der Waals surface area contributed by atoms with E-state index < -0.39 is 0 Å². The van der Waals surface area contributed by atoms with Gasteiger partial charge in [0, 0.05) is 0 Å². The van der Waals surface area contributed by atoms with Gasteiger partial charge in [-0.2, -0.15) is 0 Å². The Morgan fingerprint density at radius 3 is 1.50 bits per heavy atom. The molecule has 0 heteroatoms. The van der Waals surface area contributed by atoms with Gasteiger partial charge in [-0.25, -0.2) is 0 Å². The van der Waals surface area contributed by atoms with E-state index in [2.05, 4.69) is 26.0 Å². The van der Waals surface area contributed by atoms with Crippen LogP contribution in [0.1, 0.15) is 52.4 Å². The van der Waals surface area contributed by atoms with Gasteiger partial charge in [-0.15, -0.1) is 0 Å². The molecule has 0 radical (unpaired) electrons. The van der Waals surface area contributed by atoms with Crippen molar-refractivity contribution in [2.24, 2.45) is 0 Å². The zero-order chi connectivity index (χ0) is 7.66. The van der Waals surface area contributed by atoms with Crippen LogP contribution in [0.25, 0.3) is 0 Å². The van der Waals surface area contributed by atoms with Gasteiger partial charge in [0.25, 0.3) is 0 Å². The van der Waals surface area contributed by atoms with Crippen LogP contribution in [0, 0.1) is 0 Å². The molecule has 0 aliphatic carbocycles. The van der Waals surface area contributed by atoms with Gasteiger partial charge in [0.05, 0.1) is 0 Å². The second-order valence-electron chi connectivity index (χ2n) is 2.76. The van der Waals surface area contributed by atoms with Crippen molar-refractivity contribution < 1.29 is 0 Å². The van der Waals surface area contributed by atoms with E-state index in [0.717, 1.165) is 0 Å². The molecule has 0 aromatic carbocycles. The molecule has 0 aliphatic rings. The van der Waals surface area contributed by atoms with Crippen molar-refractivity contribution in [2.45, 2.75) is 52.4 Å². The summed E-state index contributed by atoms with van der Waals surface area (Å²) >= 11 is 0. The minimum Gasteiger partial charge on any atom is -0.0885 e. The Morgan fingerprint density at radius 1 is 0.800 bits per heavy atom. The molecule has 0 heterocycles. The average Bonchev–Trinajstić information content (AvgIpc) is 1.97. The summed E-state index contributed by atoms with van der Waals surface area (Å²) in [5.74, 6) is 0. The van der Waals surface area contributed by atoms with Gasteiger partial charge in [0.1, 0.15) is 0 Å². The Balaban J connectivity index is 2.89. The van der Waals surface area contributed by atoms with Gasteiger partial charge in [0.2, 0.25) is 0 Å². The zero-order valence-electron chi connectivity index (χ0n) is 7.40. The molecule has 0 aromatic rings. The number of allylic oxidation sites excluding steroid dienone is 2. The summed E-state index contributed by atoms with van der Waals surface area (Å²) in [6.45, 7) is 4.47. The van der Waals surface area contributed by atoms with Crippen molar-refractivity contribution >= 4 is 0 Å². The van der Waals surface area contributed by atoms with Gasteiger partial charge in [-0.1, -0.05) is 51.7 Å². The second-order valence-corrected chi connectivity index (χ2v) is 2.76. The van der Waals surface area contributed by atoms with Gasteiger partial charge < -0.3 is 0 Å². The van der Waals surface area contributed by atoms with Gasteiger partial charge in [0.15, 0.2) is 0 Å². The van der Waals surface area contributed by atoms with E-state index in [4.69, 9.17) is 0 Å². The van der Waals surface area contributed by atoms with Crippen LogP contribution < -0.4 is 0 Å². The van der Waals surface area contributed by atoms with Crippen LogP contribution in [0.5, 0.6) is 0 Å². The highest BCUT2D eigenvalue weighted by Gasteiger charge is 1.78. The predicted molar refractivity (Wildman–Crippen MR) is 48.2 cm³/mol. The Bertz CT molecular complexity index is 62.1. The molecule has 0 N–H and O–H groups in total. The third-order valence-corrected chi connectivity index (χ3v) is 1.62. The van der Waals surface area contributed by atoms with Crippen molar-refractivity contribution in [2.75, 3.05) is 0 Å². The fourth-order valence-corrected chi connectivity index (χ4v) is 0.880. The predicted octanol–water partition coefficient (Wildman–Crippen LogP) is 3.92. The van der Waals surface area contributed by atoms with Crippen molar-refractivity contribution in [1.82, 2.24) is 0 Å². The van der Waals surface area contributed by atoms with Crippen molar-refractivity contribution in [3.8, 4) is 0 Å². The summed E-state index contributed by atoms with van der Waals surface area (Å²) in [5.41, 5.74) is 0. The average molecular weight is 140 g/mol. The quantitative estimate of drug-likeness (QED) is 0.387. The minimum absolute atomic E-state index is 1.28. The molecule has 0 unspecified atom stereocenters. The summed E-state index contributed by atoms with van der Waals surface area (Å²) in [6.07, 6.45) is 12.5. The fraction of sp³-hybridized carbons (Fsp3) is 0.800. The third-order valence-electron chi connectivity index (χ3n) is 1.62. The first-order valence-corrected chi connectivity index (χ1v) is 4.56. The molecule has 0 spiro atoms. The van der Waals surface area contributed by atoms with Crippen LogP contribution in [0.15, 0.2) is 12.2 Å². The SMILES string of the molecule is CCCC/C=C\CCCC.